The third-order valence-corrected chi connectivity index (χ3v) is 4.22. The van der Waals surface area contributed by atoms with E-state index in [4.69, 9.17) is 0 Å². The molecule has 1 nitrogen and oxygen atoms in total. The van der Waals surface area contributed by atoms with Crippen molar-refractivity contribution in [2.24, 2.45) is 0 Å². The van der Waals surface area contributed by atoms with E-state index in [2.05, 4.69) is 15.9 Å². The van der Waals surface area contributed by atoms with Crippen molar-refractivity contribution in [2.75, 3.05) is 0 Å². The van der Waals surface area contributed by atoms with E-state index in [-0.39, 0.29) is 5.82 Å². The monoisotopic (exact) mass is 300 g/mol. The molecule has 1 aromatic carbocycles. The van der Waals surface area contributed by atoms with Crippen LogP contribution in [0.5, 0.6) is 0 Å². The van der Waals surface area contributed by atoms with E-state index in [0.29, 0.717) is 5.56 Å². The topological polar surface area (TPSA) is 20.2 Å². The quantitative estimate of drug-likeness (QED) is 0.887. The third kappa shape index (κ3) is 2.19. The number of halogens is 2. The normalized spacial score (nSPS) is 12.8. The first-order valence-electron chi connectivity index (χ1n) is 4.75. The molecule has 0 aliphatic carbocycles. The van der Waals surface area contributed by atoms with Crippen LogP contribution in [0.15, 0.2) is 33.4 Å². The first-order chi connectivity index (χ1) is 7.59. The summed E-state index contributed by atoms with van der Waals surface area (Å²) in [5.41, 5.74) is 2.27. The van der Waals surface area contributed by atoms with Crippen molar-refractivity contribution in [3.8, 4) is 0 Å². The zero-order valence-corrected chi connectivity index (χ0v) is 11.0. The van der Waals surface area contributed by atoms with Crippen LogP contribution >= 0.6 is 27.3 Å². The molecule has 0 bridgehead atoms. The molecule has 0 spiro atoms. The number of thiophene rings is 1. The molecular weight excluding hydrogens is 291 g/mol. The minimum Gasteiger partial charge on any atom is -0.384 e. The van der Waals surface area contributed by atoms with Crippen LogP contribution in [0.4, 0.5) is 4.39 Å². The smallest absolute Gasteiger partial charge is 0.123 e. The summed E-state index contributed by atoms with van der Waals surface area (Å²) in [6, 6.07) is 4.45. The predicted octanol–water partition coefficient (Wildman–Crippen LogP) is 4.04. The molecule has 2 aromatic rings. The Morgan fingerprint density at radius 1 is 1.31 bits per heavy atom. The van der Waals surface area contributed by atoms with E-state index in [1.54, 1.807) is 6.07 Å². The van der Waals surface area contributed by atoms with Crippen LogP contribution < -0.4 is 0 Å². The first-order valence-corrected chi connectivity index (χ1v) is 6.49. The summed E-state index contributed by atoms with van der Waals surface area (Å²) in [6.45, 7) is 1.86. The van der Waals surface area contributed by atoms with E-state index in [1.165, 1.54) is 23.5 Å². The van der Waals surface area contributed by atoms with Crippen molar-refractivity contribution < 1.29 is 9.50 Å². The van der Waals surface area contributed by atoms with Crippen LogP contribution in [0.25, 0.3) is 0 Å². The highest BCUT2D eigenvalue weighted by atomic mass is 79.9. The predicted molar refractivity (Wildman–Crippen MR) is 67.2 cm³/mol. The zero-order valence-electron chi connectivity index (χ0n) is 8.58. The van der Waals surface area contributed by atoms with Crippen LogP contribution in [0.2, 0.25) is 0 Å². The van der Waals surface area contributed by atoms with Crippen molar-refractivity contribution in [1.29, 1.82) is 0 Å². The standard InChI is InChI=1S/C12H10BrFOS/c1-7-2-3-8(14)4-9(7)12(15)10-5-16-6-11(10)13/h2-6,12,15H,1H3. The number of benzene rings is 1. The van der Waals surface area contributed by atoms with Crippen molar-refractivity contribution in [3.05, 3.63) is 55.9 Å². The number of aliphatic hydroxyl groups excluding tert-OH is 1. The Hall–Kier alpha value is -0.710. The Bertz CT molecular complexity index is 509. The van der Waals surface area contributed by atoms with Gasteiger partial charge >= 0.3 is 0 Å². The SMILES string of the molecule is Cc1ccc(F)cc1C(O)c1cscc1Br. The highest BCUT2D eigenvalue weighted by Crippen LogP contribution is 2.32. The molecule has 0 radical (unpaired) electrons. The fraction of sp³-hybridized carbons (Fsp3) is 0.167. The Kier molecular flexibility index (Phi) is 3.42. The van der Waals surface area contributed by atoms with Gasteiger partial charge in [0.05, 0.1) is 0 Å². The van der Waals surface area contributed by atoms with Crippen LogP contribution in [-0.2, 0) is 0 Å². The van der Waals surface area contributed by atoms with Gasteiger partial charge in [-0.3, -0.25) is 0 Å². The lowest BCUT2D eigenvalue weighted by Gasteiger charge is -2.13. The maximum absolute atomic E-state index is 13.1. The molecule has 4 heteroatoms. The van der Waals surface area contributed by atoms with Gasteiger partial charge < -0.3 is 5.11 Å². The minimum absolute atomic E-state index is 0.328. The van der Waals surface area contributed by atoms with Gasteiger partial charge in [0.1, 0.15) is 11.9 Å². The Morgan fingerprint density at radius 3 is 2.69 bits per heavy atom. The van der Waals surface area contributed by atoms with E-state index in [9.17, 15) is 9.50 Å². The molecular formula is C12H10BrFOS. The summed E-state index contributed by atoms with van der Waals surface area (Å²) in [5, 5.41) is 13.9. The molecule has 1 atom stereocenters. The Labute approximate surface area is 106 Å². The van der Waals surface area contributed by atoms with E-state index >= 15 is 0 Å². The number of aliphatic hydroxyl groups is 1. The number of aryl methyl sites for hydroxylation is 1. The van der Waals surface area contributed by atoms with Gasteiger partial charge in [-0.1, -0.05) is 6.07 Å². The Morgan fingerprint density at radius 2 is 2.06 bits per heavy atom. The molecule has 0 fully saturated rings. The summed E-state index contributed by atoms with van der Waals surface area (Å²) < 4.78 is 14.0. The molecule has 1 N–H and O–H groups in total. The van der Waals surface area contributed by atoms with E-state index < -0.39 is 6.10 Å². The third-order valence-electron chi connectivity index (χ3n) is 2.47. The Balaban J connectivity index is 2.45. The van der Waals surface area contributed by atoms with Gasteiger partial charge in [-0.05, 0) is 51.5 Å². The average Bonchev–Trinajstić information content (AvgIpc) is 2.67. The average molecular weight is 301 g/mol. The first kappa shape index (κ1) is 11.8. The lowest BCUT2D eigenvalue weighted by atomic mass is 9.99. The molecule has 0 amide bonds. The molecule has 0 aliphatic rings. The van der Waals surface area contributed by atoms with Gasteiger partial charge in [0.15, 0.2) is 0 Å². The second-order valence-electron chi connectivity index (χ2n) is 3.58. The molecule has 84 valence electrons. The molecule has 1 heterocycles. The van der Waals surface area contributed by atoms with Crippen molar-refractivity contribution in [2.45, 2.75) is 13.0 Å². The minimum atomic E-state index is -0.781. The molecule has 0 aliphatic heterocycles. The van der Waals surface area contributed by atoms with Gasteiger partial charge in [0, 0.05) is 15.4 Å². The fourth-order valence-corrected chi connectivity index (χ4v) is 3.09. The van der Waals surface area contributed by atoms with E-state index in [0.717, 1.165) is 15.6 Å². The zero-order chi connectivity index (χ0) is 11.7. The van der Waals surface area contributed by atoms with E-state index in [1.807, 2.05) is 17.7 Å². The molecule has 1 aromatic heterocycles. The maximum atomic E-state index is 13.1. The van der Waals surface area contributed by atoms with Gasteiger partial charge in [-0.15, -0.1) is 0 Å². The second-order valence-corrected chi connectivity index (χ2v) is 5.18. The van der Waals surface area contributed by atoms with Gasteiger partial charge in [0.2, 0.25) is 0 Å². The van der Waals surface area contributed by atoms with Crippen LogP contribution in [-0.4, -0.2) is 5.11 Å². The lowest BCUT2D eigenvalue weighted by Crippen LogP contribution is -2.02. The number of hydrogen-bond donors (Lipinski definition) is 1. The van der Waals surface area contributed by atoms with Crippen molar-refractivity contribution in [3.63, 3.8) is 0 Å². The summed E-state index contributed by atoms with van der Waals surface area (Å²) in [6.07, 6.45) is -0.781. The van der Waals surface area contributed by atoms with Gasteiger partial charge in [0.25, 0.3) is 0 Å². The maximum Gasteiger partial charge on any atom is 0.123 e. The largest absolute Gasteiger partial charge is 0.384 e. The summed E-state index contributed by atoms with van der Waals surface area (Å²) in [5.74, 6) is -0.328. The summed E-state index contributed by atoms with van der Waals surface area (Å²) in [4.78, 5) is 0. The fourth-order valence-electron chi connectivity index (χ4n) is 1.56. The van der Waals surface area contributed by atoms with Gasteiger partial charge in [-0.25, -0.2) is 4.39 Å². The summed E-state index contributed by atoms with van der Waals surface area (Å²) in [7, 11) is 0. The number of hydrogen-bond acceptors (Lipinski definition) is 2. The highest BCUT2D eigenvalue weighted by molar-refractivity contribution is 9.10. The highest BCUT2D eigenvalue weighted by Gasteiger charge is 2.16. The molecule has 16 heavy (non-hydrogen) atoms. The number of rotatable bonds is 2. The molecule has 0 saturated heterocycles. The molecule has 1 unspecified atom stereocenters. The lowest BCUT2D eigenvalue weighted by molar-refractivity contribution is 0.219. The molecule has 0 saturated carbocycles. The summed E-state index contributed by atoms with van der Waals surface area (Å²) >= 11 is 4.86. The molecule has 2 rings (SSSR count). The van der Waals surface area contributed by atoms with Crippen molar-refractivity contribution in [1.82, 2.24) is 0 Å². The second kappa shape index (κ2) is 4.65. The van der Waals surface area contributed by atoms with Crippen molar-refractivity contribution >= 4 is 27.3 Å². The van der Waals surface area contributed by atoms with Crippen LogP contribution in [0.3, 0.4) is 0 Å². The van der Waals surface area contributed by atoms with Gasteiger partial charge in [-0.2, -0.15) is 11.3 Å². The van der Waals surface area contributed by atoms with Crippen LogP contribution in [0, 0.1) is 12.7 Å². The van der Waals surface area contributed by atoms with Crippen LogP contribution in [0.1, 0.15) is 22.8 Å².